The normalized spacial score (nSPS) is 11.6. The first-order valence-electron chi connectivity index (χ1n) is 6.71. The molecule has 2 heterocycles. The molecule has 2 aromatic heterocycles. The zero-order valence-corrected chi connectivity index (χ0v) is 11.6. The second-order valence-corrected chi connectivity index (χ2v) is 4.90. The quantitative estimate of drug-likeness (QED) is 0.784. The number of fused-ring (bicyclic) bond motifs is 1. The highest BCUT2D eigenvalue weighted by Gasteiger charge is 2.12. The summed E-state index contributed by atoms with van der Waals surface area (Å²) in [6.07, 6.45) is 4.61. The number of rotatable bonds is 5. The standard InChI is InChI=1S/C15H16F2N4/c1-18-9-11-2-3-12-4-6-20(13(12)8-11)10-14-19-5-7-21(14)15(16)17/h2-8,15,18H,9-10H2,1H3. The third-order valence-corrected chi connectivity index (χ3v) is 3.49. The van der Waals surface area contributed by atoms with E-state index in [4.69, 9.17) is 0 Å². The fourth-order valence-electron chi connectivity index (χ4n) is 2.48. The van der Waals surface area contributed by atoms with Gasteiger partial charge in [-0.05, 0) is 30.1 Å². The van der Waals surface area contributed by atoms with Gasteiger partial charge in [-0.1, -0.05) is 12.1 Å². The van der Waals surface area contributed by atoms with Crippen LogP contribution in [0.2, 0.25) is 0 Å². The summed E-state index contributed by atoms with van der Waals surface area (Å²) in [5.41, 5.74) is 2.17. The number of hydrogen-bond acceptors (Lipinski definition) is 2. The summed E-state index contributed by atoms with van der Waals surface area (Å²) in [5.74, 6) is 0.349. The van der Waals surface area contributed by atoms with Crippen molar-refractivity contribution in [2.45, 2.75) is 19.6 Å². The van der Waals surface area contributed by atoms with Crippen molar-refractivity contribution in [3.8, 4) is 0 Å². The van der Waals surface area contributed by atoms with Crippen molar-refractivity contribution < 1.29 is 8.78 Å². The summed E-state index contributed by atoms with van der Waals surface area (Å²) in [6.45, 7) is -1.47. The molecule has 0 bridgehead atoms. The summed E-state index contributed by atoms with van der Waals surface area (Å²) in [6, 6.07) is 8.15. The van der Waals surface area contributed by atoms with Crippen molar-refractivity contribution in [1.29, 1.82) is 0 Å². The van der Waals surface area contributed by atoms with E-state index in [1.165, 1.54) is 12.4 Å². The van der Waals surface area contributed by atoms with E-state index in [1.54, 1.807) is 0 Å². The molecule has 1 aromatic carbocycles. The van der Waals surface area contributed by atoms with E-state index >= 15 is 0 Å². The Labute approximate surface area is 121 Å². The molecule has 1 N–H and O–H groups in total. The highest BCUT2D eigenvalue weighted by atomic mass is 19.3. The highest BCUT2D eigenvalue weighted by molar-refractivity contribution is 5.80. The zero-order valence-electron chi connectivity index (χ0n) is 11.6. The number of nitrogens with one attached hydrogen (secondary N) is 1. The van der Waals surface area contributed by atoms with Gasteiger partial charge in [0.1, 0.15) is 5.82 Å². The molecule has 0 saturated heterocycles. The molecule has 0 aliphatic heterocycles. The van der Waals surface area contributed by atoms with Crippen LogP contribution in [0.25, 0.3) is 10.9 Å². The molecule has 3 rings (SSSR count). The average Bonchev–Trinajstić information content (AvgIpc) is 3.07. The van der Waals surface area contributed by atoms with Crippen molar-refractivity contribution >= 4 is 10.9 Å². The van der Waals surface area contributed by atoms with Crippen molar-refractivity contribution in [2.24, 2.45) is 0 Å². The van der Waals surface area contributed by atoms with Crippen molar-refractivity contribution in [1.82, 2.24) is 19.4 Å². The van der Waals surface area contributed by atoms with Gasteiger partial charge in [0.05, 0.1) is 6.54 Å². The van der Waals surface area contributed by atoms with Gasteiger partial charge in [-0.15, -0.1) is 0 Å². The topological polar surface area (TPSA) is 34.8 Å². The maximum Gasteiger partial charge on any atom is 0.319 e. The molecule has 6 heteroatoms. The van der Waals surface area contributed by atoms with Gasteiger partial charge in [-0.3, -0.25) is 4.57 Å². The van der Waals surface area contributed by atoms with E-state index in [1.807, 2.05) is 29.9 Å². The summed E-state index contributed by atoms with van der Waals surface area (Å²) in [7, 11) is 1.89. The number of alkyl halides is 2. The largest absolute Gasteiger partial charge is 0.340 e. The first-order chi connectivity index (χ1) is 10.2. The molecule has 21 heavy (non-hydrogen) atoms. The third kappa shape index (κ3) is 2.67. The Hall–Kier alpha value is -2.21. The number of imidazole rings is 1. The molecular formula is C15H16F2N4. The molecule has 110 valence electrons. The number of aromatic nitrogens is 3. The van der Waals surface area contributed by atoms with E-state index in [0.717, 1.165) is 27.6 Å². The Bertz CT molecular complexity index is 745. The lowest BCUT2D eigenvalue weighted by Crippen LogP contribution is -2.09. The zero-order chi connectivity index (χ0) is 14.8. The van der Waals surface area contributed by atoms with Crippen LogP contribution >= 0.6 is 0 Å². The maximum atomic E-state index is 12.9. The van der Waals surface area contributed by atoms with Crippen LogP contribution in [0, 0.1) is 0 Å². The first-order valence-corrected chi connectivity index (χ1v) is 6.71. The molecule has 0 unspecified atom stereocenters. The SMILES string of the molecule is CNCc1ccc2ccn(Cc3nccn3C(F)F)c2c1. The van der Waals surface area contributed by atoms with E-state index < -0.39 is 6.55 Å². The average molecular weight is 290 g/mol. The van der Waals surface area contributed by atoms with Gasteiger partial charge in [0.25, 0.3) is 0 Å². The molecular weight excluding hydrogens is 274 g/mol. The van der Waals surface area contributed by atoms with Crippen LogP contribution in [0.3, 0.4) is 0 Å². The Morgan fingerprint density at radius 3 is 2.86 bits per heavy atom. The van der Waals surface area contributed by atoms with E-state index in [2.05, 4.69) is 22.4 Å². The van der Waals surface area contributed by atoms with Crippen LogP contribution in [-0.4, -0.2) is 21.2 Å². The van der Waals surface area contributed by atoms with Gasteiger partial charge in [0.2, 0.25) is 0 Å². The Kier molecular flexibility index (Phi) is 3.70. The van der Waals surface area contributed by atoms with E-state index in [0.29, 0.717) is 12.4 Å². The van der Waals surface area contributed by atoms with E-state index in [9.17, 15) is 8.78 Å². The molecule has 0 aliphatic rings. The smallest absolute Gasteiger partial charge is 0.319 e. The monoisotopic (exact) mass is 290 g/mol. The fraction of sp³-hybridized carbons (Fsp3) is 0.267. The van der Waals surface area contributed by atoms with Crippen LogP contribution < -0.4 is 5.32 Å². The van der Waals surface area contributed by atoms with Gasteiger partial charge in [-0.2, -0.15) is 8.78 Å². The van der Waals surface area contributed by atoms with Gasteiger partial charge in [0.15, 0.2) is 0 Å². The van der Waals surface area contributed by atoms with Gasteiger partial charge in [0, 0.05) is 30.7 Å². The number of hydrogen-bond donors (Lipinski definition) is 1. The van der Waals surface area contributed by atoms with Crippen molar-refractivity contribution in [2.75, 3.05) is 7.05 Å². The predicted molar refractivity (Wildman–Crippen MR) is 77.3 cm³/mol. The van der Waals surface area contributed by atoms with Gasteiger partial charge < -0.3 is 9.88 Å². The Morgan fingerprint density at radius 1 is 1.24 bits per heavy atom. The number of halogens is 2. The minimum absolute atomic E-state index is 0.323. The molecule has 0 fully saturated rings. The molecule has 0 spiro atoms. The molecule has 0 radical (unpaired) electrons. The van der Waals surface area contributed by atoms with Crippen LogP contribution in [0.5, 0.6) is 0 Å². The van der Waals surface area contributed by atoms with Crippen LogP contribution in [-0.2, 0) is 13.1 Å². The fourth-order valence-corrected chi connectivity index (χ4v) is 2.48. The molecule has 3 aromatic rings. The highest BCUT2D eigenvalue weighted by Crippen LogP contribution is 2.20. The van der Waals surface area contributed by atoms with Gasteiger partial charge >= 0.3 is 6.55 Å². The first kappa shape index (κ1) is 13.8. The Morgan fingerprint density at radius 2 is 2.10 bits per heavy atom. The minimum atomic E-state index is -2.57. The van der Waals surface area contributed by atoms with Crippen LogP contribution in [0.1, 0.15) is 17.9 Å². The minimum Gasteiger partial charge on any atom is -0.340 e. The summed E-state index contributed by atoms with van der Waals surface area (Å²) >= 11 is 0. The van der Waals surface area contributed by atoms with Crippen molar-refractivity contribution in [3.63, 3.8) is 0 Å². The lowest BCUT2D eigenvalue weighted by atomic mass is 10.1. The molecule has 0 saturated carbocycles. The summed E-state index contributed by atoms with van der Waals surface area (Å²) in [5, 5.41) is 4.19. The lowest BCUT2D eigenvalue weighted by molar-refractivity contribution is 0.0667. The molecule has 0 amide bonds. The van der Waals surface area contributed by atoms with Crippen LogP contribution in [0.4, 0.5) is 8.78 Å². The molecule has 4 nitrogen and oxygen atoms in total. The second-order valence-electron chi connectivity index (χ2n) is 4.90. The van der Waals surface area contributed by atoms with Crippen molar-refractivity contribution in [3.05, 3.63) is 54.2 Å². The third-order valence-electron chi connectivity index (χ3n) is 3.49. The van der Waals surface area contributed by atoms with Crippen LogP contribution in [0.15, 0.2) is 42.9 Å². The van der Waals surface area contributed by atoms with Gasteiger partial charge in [-0.25, -0.2) is 4.98 Å². The Balaban J connectivity index is 1.96. The predicted octanol–water partition coefficient (Wildman–Crippen LogP) is 3.00. The number of benzene rings is 1. The molecule has 0 atom stereocenters. The second kappa shape index (κ2) is 5.65. The summed E-state index contributed by atoms with van der Waals surface area (Å²) < 4.78 is 28.6. The summed E-state index contributed by atoms with van der Waals surface area (Å²) in [4.78, 5) is 4.03. The maximum absolute atomic E-state index is 12.9. The van der Waals surface area contributed by atoms with E-state index in [-0.39, 0.29) is 0 Å². The molecule has 0 aliphatic carbocycles. The lowest BCUT2D eigenvalue weighted by Gasteiger charge is -2.09. The number of nitrogens with zero attached hydrogens (tertiary/aromatic N) is 3.